The molecule has 16 heavy (non-hydrogen) atoms. The number of anilines is 2. The van der Waals surface area contributed by atoms with Crippen LogP contribution in [0.25, 0.3) is 0 Å². The highest BCUT2D eigenvalue weighted by atomic mass is 32.1. The van der Waals surface area contributed by atoms with E-state index in [9.17, 15) is 0 Å². The van der Waals surface area contributed by atoms with Crippen molar-refractivity contribution in [2.75, 3.05) is 17.2 Å². The average Bonchev–Trinajstić information content (AvgIpc) is 2.76. The van der Waals surface area contributed by atoms with Crippen molar-refractivity contribution in [2.45, 2.75) is 13.0 Å². The maximum Gasteiger partial charge on any atom is 0.146 e. The topological polar surface area (TPSA) is 42.1 Å². The van der Waals surface area contributed by atoms with Gasteiger partial charge in [-0.15, -0.1) is 11.3 Å². The first-order chi connectivity index (χ1) is 7.84. The van der Waals surface area contributed by atoms with Crippen LogP contribution < -0.4 is 10.6 Å². The molecule has 0 atom stereocenters. The minimum Gasteiger partial charge on any atom is -0.382 e. The van der Waals surface area contributed by atoms with Crippen LogP contribution >= 0.6 is 11.3 Å². The van der Waals surface area contributed by atoms with Crippen molar-refractivity contribution < 1.29 is 0 Å². The van der Waals surface area contributed by atoms with E-state index in [0.717, 1.165) is 25.2 Å². The van der Waals surface area contributed by atoms with Gasteiger partial charge >= 0.3 is 0 Å². The van der Waals surface area contributed by atoms with E-state index < -0.39 is 0 Å². The largest absolute Gasteiger partial charge is 0.382 e. The first-order valence-corrected chi connectivity index (χ1v) is 6.23. The molecule has 0 spiro atoms. The molecule has 2 aromatic rings. The summed E-state index contributed by atoms with van der Waals surface area (Å²) in [4.78, 5) is 7.95. The van der Waals surface area contributed by atoms with E-state index >= 15 is 0 Å². The fourth-order valence-corrected chi connectivity index (χ4v) is 3.02. The molecule has 1 aliphatic heterocycles. The molecule has 3 heterocycles. The highest BCUT2D eigenvalue weighted by molar-refractivity contribution is 7.10. The summed E-state index contributed by atoms with van der Waals surface area (Å²) in [6.45, 7) is 1.98. The monoisotopic (exact) mass is 231 g/mol. The van der Waals surface area contributed by atoms with Gasteiger partial charge in [-0.1, -0.05) is 0 Å². The Morgan fingerprint density at radius 1 is 1.38 bits per heavy atom. The van der Waals surface area contributed by atoms with Crippen molar-refractivity contribution in [3.8, 4) is 0 Å². The number of fused-ring (bicyclic) bond motifs is 1. The lowest BCUT2D eigenvalue weighted by molar-refractivity contribution is 0.743. The van der Waals surface area contributed by atoms with E-state index in [0.29, 0.717) is 5.82 Å². The van der Waals surface area contributed by atoms with Crippen LogP contribution in [0, 0.1) is 0 Å². The number of nitrogens with zero attached hydrogens (tertiary/aromatic N) is 2. The van der Waals surface area contributed by atoms with Crippen LogP contribution in [0.3, 0.4) is 0 Å². The summed E-state index contributed by atoms with van der Waals surface area (Å²) in [5, 5.41) is 2.17. The highest BCUT2D eigenvalue weighted by Crippen LogP contribution is 2.29. The molecule has 1 aliphatic rings. The zero-order valence-corrected chi connectivity index (χ0v) is 9.70. The van der Waals surface area contributed by atoms with E-state index in [2.05, 4.69) is 21.3 Å². The Bertz CT molecular complexity index is 506. The van der Waals surface area contributed by atoms with E-state index in [4.69, 9.17) is 5.73 Å². The quantitative estimate of drug-likeness (QED) is 0.818. The third-order valence-corrected chi connectivity index (χ3v) is 3.99. The second kappa shape index (κ2) is 3.79. The van der Waals surface area contributed by atoms with E-state index in [1.807, 2.05) is 23.5 Å². The molecule has 0 fully saturated rings. The number of thiophene rings is 1. The molecule has 4 heteroatoms. The van der Waals surface area contributed by atoms with Crippen molar-refractivity contribution in [1.29, 1.82) is 0 Å². The summed E-state index contributed by atoms with van der Waals surface area (Å²) in [6.07, 6.45) is 2.85. The minimum absolute atomic E-state index is 0.626. The van der Waals surface area contributed by atoms with Crippen molar-refractivity contribution in [3.05, 3.63) is 40.2 Å². The summed E-state index contributed by atoms with van der Waals surface area (Å²) < 4.78 is 0. The Balaban J connectivity index is 1.92. The van der Waals surface area contributed by atoms with E-state index in [-0.39, 0.29) is 0 Å². The Kier molecular flexibility index (Phi) is 2.29. The highest BCUT2D eigenvalue weighted by Gasteiger charge is 2.18. The zero-order valence-electron chi connectivity index (χ0n) is 8.89. The van der Waals surface area contributed by atoms with Gasteiger partial charge in [0.05, 0.1) is 5.69 Å². The lowest BCUT2D eigenvalue weighted by Crippen LogP contribution is -2.30. The predicted molar refractivity (Wildman–Crippen MR) is 67.7 cm³/mol. The smallest absolute Gasteiger partial charge is 0.146 e. The second-order valence-corrected chi connectivity index (χ2v) is 4.95. The molecule has 0 saturated heterocycles. The van der Waals surface area contributed by atoms with Crippen LogP contribution in [0.4, 0.5) is 11.5 Å². The van der Waals surface area contributed by atoms with Gasteiger partial charge in [0.15, 0.2) is 0 Å². The Morgan fingerprint density at radius 3 is 3.19 bits per heavy atom. The van der Waals surface area contributed by atoms with Gasteiger partial charge in [0.1, 0.15) is 5.82 Å². The van der Waals surface area contributed by atoms with Gasteiger partial charge in [-0.25, -0.2) is 4.98 Å². The molecule has 82 valence electrons. The number of nitrogens with two attached hydrogens (primary N) is 1. The average molecular weight is 231 g/mol. The van der Waals surface area contributed by atoms with Crippen molar-refractivity contribution in [2.24, 2.45) is 0 Å². The van der Waals surface area contributed by atoms with E-state index in [1.54, 1.807) is 6.20 Å². The normalized spacial score (nSPS) is 14.9. The summed E-state index contributed by atoms with van der Waals surface area (Å²) >= 11 is 1.85. The molecule has 2 N–H and O–H groups in total. The molecule has 3 nitrogen and oxygen atoms in total. The fourth-order valence-electron chi connectivity index (χ4n) is 2.13. The van der Waals surface area contributed by atoms with Gasteiger partial charge in [0, 0.05) is 24.2 Å². The summed E-state index contributed by atoms with van der Waals surface area (Å²) in [6, 6.07) is 6.19. The van der Waals surface area contributed by atoms with Crippen molar-refractivity contribution in [1.82, 2.24) is 4.98 Å². The third-order valence-electron chi connectivity index (χ3n) is 2.96. The van der Waals surface area contributed by atoms with Gasteiger partial charge in [-0.2, -0.15) is 0 Å². The van der Waals surface area contributed by atoms with Gasteiger partial charge in [-0.3, -0.25) is 0 Å². The van der Waals surface area contributed by atoms with Gasteiger partial charge in [0.25, 0.3) is 0 Å². The van der Waals surface area contributed by atoms with Crippen LogP contribution in [-0.4, -0.2) is 11.5 Å². The standard InChI is InChI=1S/C12H13N3S/c13-12-10(2-1-5-14-12)15-6-3-11-9(8-15)4-7-16-11/h1-2,4-5,7H,3,6,8H2,(H2,13,14). The molecule has 0 saturated carbocycles. The number of aromatic nitrogens is 1. The number of rotatable bonds is 1. The third kappa shape index (κ3) is 1.55. The number of hydrogen-bond donors (Lipinski definition) is 1. The van der Waals surface area contributed by atoms with Crippen LogP contribution in [0.2, 0.25) is 0 Å². The van der Waals surface area contributed by atoms with Crippen LogP contribution in [-0.2, 0) is 13.0 Å². The van der Waals surface area contributed by atoms with Crippen LogP contribution in [0.1, 0.15) is 10.4 Å². The maximum atomic E-state index is 5.90. The first kappa shape index (κ1) is 9.66. The van der Waals surface area contributed by atoms with Crippen molar-refractivity contribution >= 4 is 22.8 Å². The number of hydrogen-bond acceptors (Lipinski definition) is 4. The molecule has 0 bridgehead atoms. The SMILES string of the molecule is Nc1ncccc1N1CCc2sccc2C1. The fraction of sp³-hybridized carbons (Fsp3) is 0.250. The van der Waals surface area contributed by atoms with E-state index in [1.165, 1.54) is 10.4 Å². The van der Waals surface area contributed by atoms with Crippen LogP contribution in [0.5, 0.6) is 0 Å². The molecule has 0 amide bonds. The molecule has 3 rings (SSSR count). The maximum absolute atomic E-state index is 5.90. The van der Waals surface area contributed by atoms with Gasteiger partial charge < -0.3 is 10.6 Å². The Morgan fingerprint density at radius 2 is 2.31 bits per heavy atom. The summed E-state index contributed by atoms with van der Waals surface area (Å²) in [7, 11) is 0. The molecule has 0 aliphatic carbocycles. The zero-order chi connectivity index (χ0) is 11.0. The number of pyridine rings is 1. The molecule has 0 unspecified atom stereocenters. The molecular weight excluding hydrogens is 218 g/mol. The molecular formula is C12H13N3S. The molecule has 2 aromatic heterocycles. The second-order valence-electron chi connectivity index (χ2n) is 3.95. The summed E-state index contributed by atoms with van der Waals surface area (Å²) in [5.74, 6) is 0.626. The lowest BCUT2D eigenvalue weighted by Gasteiger charge is -2.29. The Hall–Kier alpha value is -1.55. The lowest BCUT2D eigenvalue weighted by atomic mass is 10.1. The summed E-state index contributed by atoms with van der Waals surface area (Å²) in [5.41, 5.74) is 8.38. The minimum atomic E-state index is 0.626. The predicted octanol–water partition coefficient (Wildman–Crippen LogP) is 2.29. The van der Waals surface area contributed by atoms with Crippen LogP contribution in [0.15, 0.2) is 29.8 Å². The van der Waals surface area contributed by atoms with Gasteiger partial charge in [0.2, 0.25) is 0 Å². The van der Waals surface area contributed by atoms with Gasteiger partial charge in [-0.05, 0) is 35.6 Å². The molecule has 0 radical (unpaired) electrons. The van der Waals surface area contributed by atoms with Crippen molar-refractivity contribution in [3.63, 3.8) is 0 Å². The first-order valence-electron chi connectivity index (χ1n) is 5.35. The molecule has 0 aromatic carbocycles. The number of nitrogen functional groups attached to an aromatic ring is 1. The Labute approximate surface area is 98.5 Å².